The van der Waals surface area contributed by atoms with Gasteiger partial charge in [0, 0.05) is 36.8 Å². The highest BCUT2D eigenvalue weighted by atomic mass is 16.5. The fraction of sp³-hybridized carbons (Fsp3) is 0.500. The van der Waals surface area contributed by atoms with Gasteiger partial charge in [0.25, 0.3) is 5.91 Å². The Bertz CT molecular complexity index is 1150. The van der Waals surface area contributed by atoms with Crippen LogP contribution < -0.4 is 15.4 Å². The molecular weight excluding hydrogens is 496 g/mol. The number of amides is 4. The van der Waals surface area contributed by atoms with Crippen molar-refractivity contribution >= 4 is 29.2 Å². The molecule has 1 saturated carbocycles. The normalized spacial score (nSPS) is 20.6. The van der Waals surface area contributed by atoms with Crippen LogP contribution in [0.3, 0.4) is 0 Å². The van der Waals surface area contributed by atoms with Gasteiger partial charge in [-0.2, -0.15) is 0 Å². The standard InChI is InChI=1S/C30H40N4O5/c1-20-17-34(21(2)19-35)29(37)25-16-24(31-28(36)22-10-6-4-7-11-22)14-15-26(25)39-27(20)18-33(3)30(38)32-23-12-8-5-9-13-23/h5,8-9,12-16,20-22,27,35H,4,6-7,10-11,17-19H2,1-3H3,(H,31,36)(H,32,38)/t20-,21+,27-/m0/s1. The highest BCUT2D eigenvalue weighted by Crippen LogP contribution is 2.32. The van der Waals surface area contributed by atoms with Gasteiger partial charge < -0.3 is 30.3 Å². The van der Waals surface area contributed by atoms with Gasteiger partial charge in [-0.15, -0.1) is 0 Å². The summed E-state index contributed by atoms with van der Waals surface area (Å²) in [4.78, 5) is 42.6. The van der Waals surface area contributed by atoms with Crippen LogP contribution in [0.1, 0.15) is 56.3 Å². The van der Waals surface area contributed by atoms with Gasteiger partial charge >= 0.3 is 6.03 Å². The molecule has 2 aromatic rings. The molecule has 2 aromatic carbocycles. The Labute approximate surface area is 230 Å². The molecule has 0 unspecified atom stereocenters. The van der Waals surface area contributed by atoms with Crippen LogP contribution in [0.5, 0.6) is 5.75 Å². The van der Waals surface area contributed by atoms with Gasteiger partial charge in [-0.05, 0) is 50.1 Å². The lowest BCUT2D eigenvalue weighted by Crippen LogP contribution is -2.50. The number of carbonyl (C=O) groups excluding carboxylic acids is 3. The molecule has 9 nitrogen and oxygen atoms in total. The molecule has 0 radical (unpaired) electrons. The molecule has 210 valence electrons. The number of benzene rings is 2. The number of nitrogens with one attached hydrogen (secondary N) is 2. The second kappa shape index (κ2) is 13.0. The van der Waals surface area contributed by atoms with Gasteiger partial charge in [0.05, 0.1) is 24.8 Å². The summed E-state index contributed by atoms with van der Waals surface area (Å²) in [6.45, 7) is 4.22. The summed E-state index contributed by atoms with van der Waals surface area (Å²) >= 11 is 0. The number of para-hydroxylation sites is 1. The molecule has 1 fully saturated rings. The van der Waals surface area contributed by atoms with E-state index in [1.54, 1.807) is 42.0 Å². The van der Waals surface area contributed by atoms with Crippen LogP contribution in [0.15, 0.2) is 48.5 Å². The van der Waals surface area contributed by atoms with Crippen LogP contribution in [0.25, 0.3) is 0 Å². The molecule has 2 aliphatic rings. The number of rotatable bonds is 7. The third kappa shape index (κ3) is 7.09. The lowest BCUT2D eigenvalue weighted by atomic mass is 9.88. The third-order valence-electron chi connectivity index (χ3n) is 7.73. The number of urea groups is 1. The van der Waals surface area contributed by atoms with Crippen LogP contribution >= 0.6 is 0 Å². The monoisotopic (exact) mass is 536 g/mol. The number of aliphatic hydroxyl groups is 1. The van der Waals surface area contributed by atoms with Crippen molar-refractivity contribution in [3.05, 3.63) is 54.1 Å². The van der Waals surface area contributed by atoms with E-state index in [4.69, 9.17) is 4.74 Å². The molecule has 0 bridgehead atoms. The maximum absolute atomic E-state index is 13.7. The summed E-state index contributed by atoms with van der Waals surface area (Å²) in [7, 11) is 1.71. The van der Waals surface area contributed by atoms with Gasteiger partial charge in [-0.3, -0.25) is 9.59 Å². The van der Waals surface area contributed by atoms with E-state index in [-0.39, 0.29) is 42.8 Å². The molecule has 3 atom stereocenters. The predicted octanol–water partition coefficient (Wildman–Crippen LogP) is 4.59. The molecule has 1 aliphatic heterocycles. The largest absolute Gasteiger partial charge is 0.487 e. The van der Waals surface area contributed by atoms with Gasteiger partial charge in [0.2, 0.25) is 5.91 Å². The summed E-state index contributed by atoms with van der Waals surface area (Å²) in [5.74, 6) is -0.0396. The Hall–Kier alpha value is -3.59. The molecule has 39 heavy (non-hydrogen) atoms. The van der Waals surface area contributed by atoms with E-state index < -0.39 is 12.1 Å². The van der Waals surface area contributed by atoms with Crippen LogP contribution in [0.2, 0.25) is 0 Å². The molecule has 9 heteroatoms. The Kier molecular flexibility index (Phi) is 9.45. The summed E-state index contributed by atoms with van der Waals surface area (Å²) in [6.07, 6.45) is 4.62. The van der Waals surface area contributed by atoms with Crippen LogP contribution in [-0.2, 0) is 4.79 Å². The first kappa shape index (κ1) is 28.4. The van der Waals surface area contributed by atoms with E-state index in [1.165, 1.54) is 0 Å². The number of hydrogen-bond acceptors (Lipinski definition) is 5. The molecular formula is C30H40N4O5. The fourth-order valence-corrected chi connectivity index (χ4v) is 5.22. The molecule has 1 heterocycles. The van der Waals surface area contributed by atoms with Gasteiger partial charge in [0.1, 0.15) is 11.9 Å². The van der Waals surface area contributed by atoms with E-state index in [0.717, 1.165) is 32.1 Å². The number of anilines is 2. The maximum atomic E-state index is 13.7. The first-order chi connectivity index (χ1) is 18.8. The summed E-state index contributed by atoms with van der Waals surface area (Å²) in [6, 6.07) is 13.7. The van der Waals surface area contributed by atoms with E-state index >= 15 is 0 Å². The number of nitrogens with zero attached hydrogens (tertiary/aromatic N) is 2. The Balaban J connectivity index is 1.56. The topological polar surface area (TPSA) is 111 Å². The Morgan fingerprint density at radius 2 is 1.79 bits per heavy atom. The summed E-state index contributed by atoms with van der Waals surface area (Å²) in [5, 5.41) is 15.8. The van der Waals surface area contributed by atoms with E-state index in [9.17, 15) is 19.5 Å². The minimum Gasteiger partial charge on any atom is -0.487 e. The first-order valence-corrected chi connectivity index (χ1v) is 13.9. The zero-order valence-electron chi connectivity index (χ0n) is 23.1. The number of ether oxygens (including phenoxy) is 1. The maximum Gasteiger partial charge on any atom is 0.321 e. The number of likely N-dealkylation sites (N-methyl/N-ethyl adjacent to an activating group) is 1. The fourth-order valence-electron chi connectivity index (χ4n) is 5.22. The molecule has 4 rings (SSSR count). The zero-order valence-corrected chi connectivity index (χ0v) is 23.1. The minimum absolute atomic E-state index is 0.0126. The second-order valence-corrected chi connectivity index (χ2v) is 10.8. The first-order valence-electron chi connectivity index (χ1n) is 13.9. The van der Waals surface area contributed by atoms with Crippen molar-refractivity contribution < 1.29 is 24.2 Å². The summed E-state index contributed by atoms with van der Waals surface area (Å²) in [5.41, 5.74) is 1.56. The van der Waals surface area contributed by atoms with E-state index in [1.807, 2.05) is 37.3 Å². The van der Waals surface area contributed by atoms with Gasteiger partial charge in [-0.1, -0.05) is 44.4 Å². The van der Waals surface area contributed by atoms with Crippen molar-refractivity contribution in [1.29, 1.82) is 0 Å². The quantitative estimate of drug-likeness (QED) is 0.479. The second-order valence-electron chi connectivity index (χ2n) is 10.8. The van der Waals surface area contributed by atoms with Crippen molar-refractivity contribution in [2.45, 2.75) is 58.1 Å². The van der Waals surface area contributed by atoms with Crippen molar-refractivity contribution in [1.82, 2.24) is 9.80 Å². The lowest BCUT2D eigenvalue weighted by Gasteiger charge is -2.38. The van der Waals surface area contributed by atoms with Crippen LogP contribution in [-0.4, -0.2) is 71.6 Å². The summed E-state index contributed by atoms with van der Waals surface area (Å²) < 4.78 is 6.38. The van der Waals surface area contributed by atoms with E-state index in [2.05, 4.69) is 10.6 Å². The van der Waals surface area contributed by atoms with Crippen molar-refractivity contribution in [3.8, 4) is 5.75 Å². The molecule has 0 aromatic heterocycles. The highest BCUT2D eigenvalue weighted by molar-refractivity contribution is 6.00. The van der Waals surface area contributed by atoms with Crippen molar-refractivity contribution in [3.63, 3.8) is 0 Å². The van der Waals surface area contributed by atoms with Crippen LogP contribution in [0.4, 0.5) is 16.2 Å². The number of aliphatic hydroxyl groups excluding tert-OH is 1. The average Bonchev–Trinajstić information content (AvgIpc) is 2.95. The predicted molar refractivity (Wildman–Crippen MR) is 151 cm³/mol. The molecule has 3 N–H and O–H groups in total. The van der Waals surface area contributed by atoms with Crippen LogP contribution in [0, 0.1) is 11.8 Å². The van der Waals surface area contributed by atoms with E-state index in [0.29, 0.717) is 29.2 Å². The SMILES string of the molecule is C[C@H](CO)N1C[C@H](C)[C@H](CN(C)C(=O)Nc2ccccc2)Oc2ccc(NC(=O)C3CCCCC3)cc2C1=O. The molecule has 0 saturated heterocycles. The zero-order chi connectivity index (χ0) is 27.9. The van der Waals surface area contributed by atoms with Gasteiger partial charge in [-0.25, -0.2) is 4.79 Å². The average molecular weight is 537 g/mol. The Morgan fingerprint density at radius 3 is 2.49 bits per heavy atom. The number of fused-ring (bicyclic) bond motifs is 1. The lowest BCUT2D eigenvalue weighted by molar-refractivity contribution is -0.120. The molecule has 0 spiro atoms. The highest BCUT2D eigenvalue weighted by Gasteiger charge is 2.34. The minimum atomic E-state index is -0.417. The van der Waals surface area contributed by atoms with Crippen molar-refractivity contribution in [2.24, 2.45) is 11.8 Å². The number of carbonyl (C=O) groups is 3. The Morgan fingerprint density at radius 1 is 1.08 bits per heavy atom. The van der Waals surface area contributed by atoms with Gasteiger partial charge in [0.15, 0.2) is 0 Å². The molecule has 1 aliphatic carbocycles. The smallest absolute Gasteiger partial charge is 0.321 e. The third-order valence-corrected chi connectivity index (χ3v) is 7.73. The number of hydrogen-bond donors (Lipinski definition) is 3. The van der Waals surface area contributed by atoms with Crippen molar-refractivity contribution in [2.75, 3.05) is 37.4 Å². The molecule has 4 amide bonds.